The zero-order valence-corrected chi connectivity index (χ0v) is 15.8. The summed E-state index contributed by atoms with van der Waals surface area (Å²) in [6.07, 6.45) is 11.4. The van der Waals surface area contributed by atoms with Gasteiger partial charge in [-0.25, -0.2) is 4.79 Å². The van der Waals surface area contributed by atoms with Crippen LogP contribution in [0, 0.1) is 11.8 Å². The van der Waals surface area contributed by atoms with Crippen molar-refractivity contribution in [3.63, 3.8) is 0 Å². The molecule has 0 aliphatic carbocycles. The molecule has 0 saturated carbocycles. The first-order valence-corrected chi connectivity index (χ1v) is 8.87. The number of nitrogens with two attached hydrogens (primary N) is 1. The maximum atomic E-state index is 10.5. The molecule has 6 nitrogen and oxygen atoms in total. The molecule has 0 radical (unpaired) electrons. The molecule has 0 spiro atoms. The molecule has 0 aliphatic heterocycles. The number of carbonyl (C=O) groups is 1. The van der Waals surface area contributed by atoms with Crippen molar-refractivity contribution in [1.29, 1.82) is 0 Å². The first-order chi connectivity index (χ1) is 12.2. The van der Waals surface area contributed by atoms with Crippen LogP contribution in [0.15, 0.2) is 48.6 Å². The van der Waals surface area contributed by atoms with Gasteiger partial charge in [0, 0.05) is 18.0 Å². The van der Waals surface area contributed by atoms with Crippen molar-refractivity contribution in [3.8, 4) is 0 Å². The molecule has 6 heteroatoms. The molecule has 0 bridgehead atoms. The van der Waals surface area contributed by atoms with Gasteiger partial charge in [0.15, 0.2) is 0 Å². The lowest BCUT2D eigenvalue weighted by molar-refractivity contribution is -0.131. The number of aliphatic hydroxyl groups is 3. The standard InChI is InChI=1S/C20H33NO5/c1-4-5-6-7-8-9-17(22)15(3)18(23)12-10-14(2)20(26)16(21)11-13-19(24)25/h4-9,11,13-18,20,22-23,26H,10,12,21H2,1-3H3,(H,24,25)/b5-4+,7-6-,9-8-,13-11-. The number of aliphatic carboxylic acids is 1. The van der Waals surface area contributed by atoms with E-state index in [0.717, 1.165) is 6.08 Å². The third-order valence-corrected chi connectivity index (χ3v) is 4.34. The van der Waals surface area contributed by atoms with Crippen LogP contribution < -0.4 is 5.73 Å². The maximum absolute atomic E-state index is 10.5. The fraction of sp³-hybridized carbons (Fsp3) is 0.550. The van der Waals surface area contributed by atoms with Crippen molar-refractivity contribution in [1.82, 2.24) is 0 Å². The Kier molecular flexibility index (Phi) is 12.6. The number of allylic oxidation sites excluding steroid dienone is 5. The van der Waals surface area contributed by atoms with Crippen LogP contribution in [0.3, 0.4) is 0 Å². The number of hydrogen-bond acceptors (Lipinski definition) is 5. The van der Waals surface area contributed by atoms with E-state index < -0.39 is 30.3 Å². The van der Waals surface area contributed by atoms with Gasteiger partial charge in [0.25, 0.3) is 0 Å². The predicted octanol–water partition coefficient (Wildman–Crippen LogP) is 1.78. The van der Waals surface area contributed by atoms with Gasteiger partial charge in [-0.2, -0.15) is 0 Å². The SMILES string of the molecule is C/C=C/C=C\C=C/C(O)C(C)C(O)CCC(C)C(O)C(N)/C=C\C(=O)O. The number of aliphatic hydroxyl groups excluding tert-OH is 3. The normalized spacial score (nSPS) is 20.0. The van der Waals surface area contributed by atoms with Gasteiger partial charge < -0.3 is 26.2 Å². The second-order valence-corrected chi connectivity index (χ2v) is 6.53. The summed E-state index contributed by atoms with van der Waals surface area (Å²) in [6, 6.07) is -0.784. The first-order valence-electron chi connectivity index (χ1n) is 8.87. The fourth-order valence-electron chi connectivity index (χ4n) is 2.37. The molecule has 0 heterocycles. The second-order valence-electron chi connectivity index (χ2n) is 6.53. The van der Waals surface area contributed by atoms with Gasteiger partial charge in [-0.05, 0) is 25.7 Å². The Balaban J connectivity index is 4.44. The summed E-state index contributed by atoms with van der Waals surface area (Å²) in [5, 5.41) is 39.0. The molecule has 0 aromatic carbocycles. The van der Waals surface area contributed by atoms with Crippen LogP contribution >= 0.6 is 0 Å². The molecule has 0 rings (SSSR count). The highest BCUT2D eigenvalue weighted by atomic mass is 16.4. The van der Waals surface area contributed by atoms with Gasteiger partial charge in [-0.15, -0.1) is 0 Å². The van der Waals surface area contributed by atoms with Crippen molar-refractivity contribution in [2.75, 3.05) is 0 Å². The lowest BCUT2D eigenvalue weighted by Gasteiger charge is -2.26. The van der Waals surface area contributed by atoms with E-state index >= 15 is 0 Å². The van der Waals surface area contributed by atoms with Crippen LogP contribution in [0.5, 0.6) is 0 Å². The van der Waals surface area contributed by atoms with Crippen LogP contribution in [0.1, 0.15) is 33.6 Å². The lowest BCUT2D eigenvalue weighted by atomic mass is 9.88. The van der Waals surface area contributed by atoms with Gasteiger partial charge >= 0.3 is 5.97 Å². The molecular weight excluding hydrogens is 334 g/mol. The zero-order valence-electron chi connectivity index (χ0n) is 15.8. The van der Waals surface area contributed by atoms with E-state index in [0.29, 0.717) is 12.8 Å². The van der Waals surface area contributed by atoms with Crippen molar-refractivity contribution in [3.05, 3.63) is 48.6 Å². The summed E-state index contributed by atoms with van der Waals surface area (Å²) < 4.78 is 0. The Morgan fingerprint density at radius 3 is 2.19 bits per heavy atom. The van der Waals surface area contributed by atoms with E-state index in [9.17, 15) is 20.1 Å². The summed E-state index contributed by atoms with van der Waals surface area (Å²) in [4.78, 5) is 10.5. The van der Waals surface area contributed by atoms with E-state index in [2.05, 4.69) is 0 Å². The Morgan fingerprint density at radius 2 is 1.62 bits per heavy atom. The highest BCUT2D eigenvalue weighted by molar-refractivity contribution is 5.79. The fourth-order valence-corrected chi connectivity index (χ4v) is 2.37. The van der Waals surface area contributed by atoms with Crippen LogP contribution in [-0.4, -0.2) is 50.7 Å². The van der Waals surface area contributed by atoms with E-state index in [1.54, 1.807) is 32.1 Å². The molecule has 0 saturated heterocycles. The topological polar surface area (TPSA) is 124 Å². The predicted molar refractivity (Wildman–Crippen MR) is 103 cm³/mol. The molecule has 0 amide bonds. The van der Waals surface area contributed by atoms with Crippen molar-refractivity contribution in [2.24, 2.45) is 17.6 Å². The minimum Gasteiger partial charge on any atom is -0.478 e. The Bertz CT molecular complexity index is 512. The van der Waals surface area contributed by atoms with Crippen LogP contribution in [0.2, 0.25) is 0 Å². The summed E-state index contributed by atoms with van der Waals surface area (Å²) in [6.45, 7) is 5.46. The molecular formula is C20H33NO5. The Morgan fingerprint density at radius 1 is 1.00 bits per heavy atom. The second kappa shape index (κ2) is 13.5. The number of hydrogen-bond donors (Lipinski definition) is 5. The largest absolute Gasteiger partial charge is 0.478 e. The number of carboxylic acid groups (broad SMARTS) is 1. The molecule has 6 unspecified atom stereocenters. The third-order valence-electron chi connectivity index (χ3n) is 4.34. The number of rotatable bonds is 12. The van der Waals surface area contributed by atoms with E-state index in [-0.39, 0.29) is 11.8 Å². The summed E-state index contributed by atoms with van der Waals surface area (Å²) in [7, 11) is 0. The molecule has 6 N–H and O–H groups in total. The molecule has 26 heavy (non-hydrogen) atoms. The summed E-state index contributed by atoms with van der Waals surface area (Å²) >= 11 is 0. The minimum absolute atomic E-state index is 0.221. The van der Waals surface area contributed by atoms with Gasteiger partial charge in [0.05, 0.1) is 18.3 Å². The molecule has 0 aromatic heterocycles. The quantitative estimate of drug-likeness (QED) is 0.265. The Labute approximate surface area is 156 Å². The van der Waals surface area contributed by atoms with E-state index in [4.69, 9.17) is 10.8 Å². The van der Waals surface area contributed by atoms with Crippen LogP contribution in [-0.2, 0) is 4.79 Å². The third kappa shape index (κ3) is 10.3. The van der Waals surface area contributed by atoms with Crippen molar-refractivity contribution < 1.29 is 25.2 Å². The van der Waals surface area contributed by atoms with Gasteiger partial charge in [0.1, 0.15) is 0 Å². The molecule has 0 aliphatic rings. The van der Waals surface area contributed by atoms with Crippen molar-refractivity contribution in [2.45, 2.75) is 58.0 Å². The molecule has 148 valence electrons. The summed E-state index contributed by atoms with van der Waals surface area (Å²) in [5.41, 5.74) is 5.75. The van der Waals surface area contributed by atoms with Gasteiger partial charge in [0.2, 0.25) is 0 Å². The van der Waals surface area contributed by atoms with E-state index in [1.165, 1.54) is 6.08 Å². The Hall–Kier alpha value is -1.73. The van der Waals surface area contributed by atoms with Gasteiger partial charge in [-0.1, -0.05) is 56.4 Å². The smallest absolute Gasteiger partial charge is 0.328 e. The molecule has 6 atom stereocenters. The lowest BCUT2D eigenvalue weighted by Crippen LogP contribution is -2.38. The average molecular weight is 367 g/mol. The molecule has 0 fully saturated rings. The van der Waals surface area contributed by atoms with Crippen LogP contribution in [0.25, 0.3) is 0 Å². The first kappa shape index (κ1) is 24.3. The highest BCUT2D eigenvalue weighted by Gasteiger charge is 2.24. The number of carboxylic acids is 1. The van der Waals surface area contributed by atoms with Crippen molar-refractivity contribution >= 4 is 5.97 Å². The highest BCUT2D eigenvalue weighted by Crippen LogP contribution is 2.20. The molecule has 0 aromatic rings. The average Bonchev–Trinajstić information content (AvgIpc) is 2.61. The van der Waals surface area contributed by atoms with Crippen LogP contribution in [0.4, 0.5) is 0 Å². The maximum Gasteiger partial charge on any atom is 0.328 e. The van der Waals surface area contributed by atoms with Gasteiger partial charge in [-0.3, -0.25) is 0 Å². The monoisotopic (exact) mass is 367 g/mol. The zero-order chi connectivity index (χ0) is 20.1. The van der Waals surface area contributed by atoms with E-state index in [1.807, 2.05) is 25.2 Å². The summed E-state index contributed by atoms with van der Waals surface area (Å²) in [5.74, 6) is -1.69. The minimum atomic E-state index is -1.12.